The number of isocyanates is 4. The quantitative estimate of drug-likeness (QED) is 0.267. The van der Waals surface area contributed by atoms with Crippen LogP contribution in [-0.4, -0.2) is 43.1 Å². The molecule has 0 atom stereocenters. The van der Waals surface area contributed by atoms with E-state index in [1.165, 1.54) is 25.0 Å². The van der Waals surface area contributed by atoms with Crippen molar-refractivity contribution >= 4 is 24.3 Å². The van der Waals surface area contributed by atoms with Gasteiger partial charge in [0, 0.05) is 11.8 Å². The molecule has 31 heavy (non-hydrogen) atoms. The van der Waals surface area contributed by atoms with Crippen molar-refractivity contribution in [1.82, 2.24) is 0 Å². The van der Waals surface area contributed by atoms with Crippen LogP contribution in [0.3, 0.4) is 0 Å². The van der Waals surface area contributed by atoms with E-state index in [4.69, 9.17) is 0 Å². The zero-order valence-electron chi connectivity index (χ0n) is 18.4. The monoisotopic (exact) mass is 430 g/mol. The summed E-state index contributed by atoms with van der Waals surface area (Å²) in [5.74, 6) is 0.430. The van der Waals surface area contributed by atoms with Crippen LogP contribution in [0.2, 0.25) is 0 Å². The summed E-state index contributed by atoms with van der Waals surface area (Å²) >= 11 is 0. The Morgan fingerprint density at radius 2 is 0.935 bits per heavy atom. The third kappa shape index (κ3) is 9.91. The lowest BCUT2D eigenvalue weighted by Crippen LogP contribution is -2.43. The normalized spacial score (nSPS) is 16.9. The van der Waals surface area contributed by atoms with E-state index < -0.39 is 5.66 Å². The fraction of sp³-hybridized carbons (Fsp3) is 0.826. The molecular weight excluding hydrogens is 396 g/mol. The molecule has 0 bridgehead atoms. The summed E-state index contributed by atoms with van der Waals surface area (Å²) in [6.07, 6.45) is 21.2. The summed E-state index contributed by atoms with van der Waals surface area (Å²) in [6, 6.07) is 0. The van der Waals surface area contributed by atoms with Gasteiger partial charge in [-0.1, -0.05) is 51.4 Å². The van der Waals surface area contributed by atoms with Crippen LogP contribution < -0.4 is 0 Å². The molecule has 8 nitrogen and oxygen atoms in total. The Bertz CT molecular complexity index is 628. The van der Waals surface area contributed by atoms with Gasteiger partial charge in [-0.15, -0.1) is 0 Å². The maximum atomic E-state index is 10.9. The molecule has 2 rings (SSSR count). The van der Waals surface area contributed by atoms with Gasteiger partial charge in [0.1, 0.15) is 0 Å². The molecule has 0 aromatic carbocycles. The van der Waals surface area contributed by atoms with Gasteiger partial charge in [0.2, 0.25) is 24.3 Å². The molecule has 0 aromatic rings. The minimum Gasteiger partial charge on any atom is -0.211 e. The Labute approximate surface area is 184 Å². The van der Waals surface area contributed by atoms with Crippen molar-refractivity contribution in [1.29, 1.82) is 0 Å². The van der Waals surface area contributed by atoms with E-state index in [0.717, 1.165) is 77.0 Å². The van der Waals surface area contributed by atoms with Crippen LogP contribution in [0.25, 0.3) is 0 Å². The lowest BCUT2D eigenvalue weighted by molar-refractivity contribution is 0.115. The van der Waals surface area contributed by atoms with Crippen LogP contribution >= 0.6 is 0 Å². The van der Waals surface area contributed by atoms with Crippen molar-refractivity contribution in [3.05, 3.63) is 0 Å². The summed E-state index contributed by atoms with van der Waals surface area (Å²) in [4.78, 5) is 56.0. The van der Waals surface area contributed by atoms with Crippen LogP contribution in [0.15, 0.2) is 20.0 Å². The molecule has 8 heteroatoms. The predicted octanol–water partition coefficient (Wildman–Crippen LogP) is 4.73. The summed E-state index contributed by atoms with van der Waals surface area (Å²) in [6.45, 7) is 1.11. The Hall–Kier alpha value is -2.48. The molecule has 2 fully saturated rings. The second kappa shape index (κ2) is 17.2. The molecule has 0 amide bonds. The number of nitrogens with zero attached hydrogens (tertiary/aromatic N) is 4. The van der Waals surface area contributed by atoms with Crippen molar-refractivity contribution in [2.75, 3.05) is 13.1 Å². The second-order valence-corrected chi connectivity index (χ2v) is 8.22. The van der Waals surface area contributed by atoms with Gasteiger partial charge in [-0.25, -0.2) is 29.2 Å². The van der Waals surface area contributed by atoms with Gasteiger partial charge in [0.15, 0.2) is 5.66 Å². The lowest BCUT2D eigenvalue weighted by atomic mass is 9.69. The van der Waals surface area contributed by atoms with E-state index in [-0.39, 0.29) is 11.8 Å². The fourth-order valence-corrected chi connectivity index (χ4v) is 4.75. The van der Waals surface area contributed by atoms with Gasteiger partial charge in [0.05, 0.1) is 13.1 Å². The molecule has 170 valence electrons. The van der Waals surface area contributed by atoms with E-state index in [0.29, 0.717) is 13.1 Å². The molecule has 0 heterocycles. The third-order valence-corrected chi connectivity index (χ3v) is 6.28. The van der Waals surface area contributed by atoms with Crippen molar-refractivity contribution in [3.8, 4) is 0 Å². The minimum absolute atomic E-state index is 0.215. The summed E-state index contributed by atoms with van der Waals surface area (Å²) < 4.78 is 0. The highest BCUT2D eigenvalue weighted by molar-refractivity contribution is 5.40. The summed E-state index contributed by atoms with van der Waals surface area (Å²) in [7, 11) is 0. The number of aliphatic imine (C=N–C) groups is 4. The maximum absolute atomic E-state index is 10.9. The van der Waals surface area contributed by atoms with Gasteiger partial charge >= 0.3 is 0 Å². The van der Waals surface area contributed by atoms with Crippen LogP contribution in [0.5, 0.6) is 0 Å². The number of carbonyl (C=O) groups excluding carboxylic acids is 4. The third-order valence-electron chi connectivity index (χ3n) is 6.28. The molecule has 0 N–H and O–H groups in total. The number of hydrogen-bond acceptors (Lipinski definition) is 8. The topological polar surface area (TPSA) is 118 Å². The molecule has 2 aliphatic rings. The van der Waals surface area contributed by atoms with Gasteiger partial charge in [0.25, 0.3) is 0 Å². The SMILES string of the molecule is O=C=NC(N=C=O)(C1CCCCC1)C1CCCCC1.O=C=NCCCCCCN=C=O. The first-order chi connectivity index (χ1) is 15.2. The van der Waals surface area contributed by atoms with E-state index in [1.54, 1.807) is 12.2 Å². The molecule has 0 saturated heterocycles. The van der Waals surface area contributed by atoms with Crippen LogP contribution in [-0.2, 0) is 19.2 Å². The number of unbranched alkanes of at least 4 members (excludes halogenated alkanes) is 3. The number of rotatable bonds is 11. The fourth-order valence-electron chi connectivity index (χ4n) is 4.75. The Morgan fingerprint density at radius 1 is 0.548 bits per heavy atom. The molecule has 0 radical (unpaired) electrons. The van der Waals surface area contributed by atoms with E-state index >= 15 is 0 Å². The van der Waals surface area contributed by atoms with Crippen molar-refractivity contribution in [3.63, 3.8) is 0 Å². The van der Waals surface area contributed by atoms with Crippen LogP contribution in [0.1, 0.15) is 89.9 Å². The summed E-state index contributed by atoms with van der Waals surface area (Å²) in [5, 5.41) is 0. The molecule has 0 unspecified atom stereocenters. The first-order valence-electron chi connectivity index (χ1n) is 11.5. The largest absolute Gasteiger partial charge is 0.237 e. The second-order valence-electron chi connectivity index (χ2n) is 8.22. The highest BCUT2D eigenvalue weighted by atomic mass is 16.1. The average Bonchev–Trinajstić information content (AvgIpc) is 2.82. The van der Waals surface area contributed by atoms with E-state index in [1.807, 2.05) is 0 Å². The lowest BCUT2D eigenvalue weighted by Gasteiger charge is -2.41. The molecule has 0 spiro atoms. The maximum Gasteiger partial charge on any atom is 0.237 e. The molecule has 2 aliphatic carbocycles. The molecular formula is C23H34N4O4. The van der Waals surface area contributed by atoms with Gasteiger partial charge < -0.3 is 0 Å². The standard InChI is InChI=1S/C15H22N2O2.C8H12N2O2/c18-11-16-15(17-12-19,13-7-3-1-4-8-13)14-9-5-2-6-10-14;11-7-9-5-3-1-2-4-6-10-8-12/h13-14H,1-10H2;1-6H2. The zero-order valence-corrected chi connectivity index (χ0v) is 18.4. The first-order valence-corrected chi connectivity index (χ1v) is 11.5. The highest BCUT2D eigenvalue weighted by Crippen LogP contribution is 2.45. The Balaban J connectivity index is 0.000000348. The van der Waals surface area contributed by atoms with Crippen molar-refractivity contribution < 1.29 is 19.2 Å². The Morgan fingerprint density at radius 3 is 1.26 bits per heavy atom. The molecule has 0 aromatic heterocycles. The van der Waals surface area contributed by atoms with E-state index in [9.17, 15) is 19.2 Å². The van der Waals surface area contributed by atoms with Crippen molar-refractivity contribution in [2.24, 2.45) is 31.8 Å². The van der Waals surface area contributed by atoms with Gasteiger partial charge in [-0.05, 0) is 38.5 Å². The van der Waals surface area contributed by atoms with Crippen LogP contribution in [0.4, 0.5) is 0 Å². The van der Waals surface area contributed by atoms with Crippen molar-refractivity contribution in [2.45, 2.75) is 95.6 Å². The predicted molar refractivity (Wildman–Crippen MR) is 117 cm³/mol. The first kappa shape index (κ1) is 26.6. The average molecular weight is 431 g/mol. The summed E-state index contributed by atoms with van der Waals surface area (Å²) in [5.41, 5.74) is -0.857. The number of hydrogen-bond donors (Lipinski definition) is 0. The molecule has 2 saturated carbocycles. The van der Waals surface area contributed by atoms with Gasteiger partial charge in [-0.2, -0.15) is 9.98 Å². The minimum atomic E-state index is -0.857. The van der Waals surface area contributed by atoms with Gasteiger partial charge in [-0.3, -0.25) is 0 Å². The smallest absolute Gasteiger partial charge is 0.211 e. The van der Waals surface area contributed by atoms with E-state index in [2.05, 4.69) is 20.0 Å². The zero-order chi connectivity index (χ0) is 22.6. The van der Waals surface area contributed by atoms with Crippen LogP contribution in [0, 0.1) is 11.8 Å². The molecule has 0 aliphatic heterocycles. The highest BCUT2D eigenvalue weighted by Gasteiger charge is 2.46. The Kier molecular flexibility index (Phi) is 14.8.